The summed E-state index contributed by atoms with van der Waals surface area (Å²) in [5.74, 6) is -1.99. The number of Topliss-reactive ketones (excluding diaryl/α,β-unsaturated/α-hetero) is 1. The highest BCUT2D eigenvalue weighted by Gasteiger charge is 2.27. The molecule has 10 N–H and O–H groups in total. The van der Waals surface area contributed by atoms with Gasteiger partial charge in [0.25, 0.3) is 0 Å². The maximum Gasteiger partial charge on any atom is 0.312 e. The van der Waals surface area contributed by atoms with E-state index in [4.69, 9.17) is 39.9 Å². The van der Waals surface area contributed by atoms with Crippen molar-refractivity contribution < 1.29 is 62.0 Å². The molecule has 3 unspecified atom stereocenters. The van der Waals surface area contributed by atoms with E-state index in [1.807, 2.05) is 13.8 Å². The van der Waals surface area contributed by atoms with Crippen molar-refractivity contribution in [3.63, 3.8) is 0 Å². The van der Waals surface area contributed by atoms with Gasteiger partial charge in [0.05, 0.1) is 85.3 Å². The number of urea groups is 1. The molecule has 3 atom stereocenters. The number of ketones is 1. The standard InChI is InChI=1S/C38H72N8O13.C2H6/c1-28(2)35(37(52)45-31(29(3)47)9-7-13-43-38(40)53)46-34(50)11-17-55-21-25-59-26-22-56-18-14-41-33(49)10-16-54-20-24-58-27-23-57-19-15-42-36(51)32(44-30(4)48)8-5-6-12-39;1-2/h28,31-32,35H,5-27,39H2,1-4H3,(H,41,49)(H,42,51)(H,44,48)(H,45,52)(H,46,50)(H3,40,43,53);1-2H3. The molecule has 0 aliphatic carbocycles. The number of ether oxygens (including phenoxy) is 6. The molecule has 0 spiro atoms. The first-order chi connectivity index (χ1) is 29.3. The molecule has 0 heterocycles. The van der Waals surface area contributed by atoms with Crippen LogP contribution in [-0.2, 0) is 57.2 Å². The van der Waals surface area contributed by atoms with Gasteiger partial charge in [0.15, 0.2) is 5.78 Å². The van der Waals surface area contributed by atoms with E-state index in [2.05, 4.69) is 31.9 Å². The molecule has 0 saturated heterocycles. The SMILES string of the molecule is CC.CC(=O)NC(CCCCN)C(=O)NCCOCCOCCOCCC(=O)NCCOCCOCCOCCC(=O)NC(C(=O)NC(CCCNC(N)=O)C(C)=O)C(C)C. The van der Waals surface area contributed by atoms with E-state index in [0.29, 0.717) is 98.4 Å². The van der Waals surface area contributed by atoms with Gasteiger partial charge in [-0.3, -0.25) is 28.8 Å². The molecular formula is C40H78N8O13. The van der Waals surface area contributed by atoms with Crippen molar-refractivity contribution in [1.29, 1.82) is 0 Å². The fourth-order valence-electron chi connectivity index (χ4n) is 5.08. The van der Waals surface area contributed by atoms with E-state index < -0.39 is 30.1 Å². The highest BCUT2D eigenvalue weighted by molar-refractivity contribution is 5.92. The van der Waals surface area contributed by atoms with Gasteiger partial charge in [-0.1, -0.05) is 27.7 Å². The van der Waals surface area contributed by atoms with Gasteiger partial charge in [-0.15, -0.1) is 0 Å². The van der Waals surface area contributed by atoms with Crippen LogP contribution in [0.4, 0.5) is 4.79 Å². The fourth-order valence-corrected chi connectivity index (χ4v) is 5.08. The minimum Gasteiger partial charge on any atom is -0.379 e. The second-order valence-electron chi connectivity index (χ2n) is 13.7. The van der Waals surface area contributed by atoms with Gasteiger partial charge in [-0.05, 0) is 51.5 Å². The van der Waals surface area contributed by atoms with Gasteiger partial charge in [0, 0.05) is 39.4 Å². The number of hydrogen-bond acceptors (Lipinski definition) is 14. The number of carbonyl (C=O) groups is 7. The molecule has 0 saturated carbocycles. The zero-order chi connectivity index (χ0) is 46.1. The lowest BCUT2D eigenvalue weighted by atomic mass is 10.0. The molecule has 0 bridgehead atoms. The summed E-state index contributed by atoms with van der Waals surface area (Å²) in [5.41, 5.74) is 10.5. The van der Waals surface area contributed by atoms with Crippen molar-refractivity contribution in [2.75, 3.05) is 105 Å². The minimum atomic E-state index is -0.841. The number of unbranched alkanes of at least 4 members (excludes halogenated alkanes) is 1. The summed E-state index contributed by atoms with van der Waals surface area (Å²) in [4.78, 5) is 83.8. The molecule has 7 amide bonds. The minimum absolute atomic E-state index is 0.0325. The Labute approximate surface area is 362 Å². The number of nitrogens with one attached hydrogen (secondary N) is 6. The Morgan fingerprint density at radius 3 is 1.46 bits per heavy atom. The third kappa shape index (κ3) is 37.5. The average Bonchev–Trinajstić information content (AvgIpc) is 3.21. The van der Waals surface area contributed by atoms with E-state index >= 15 is 0 Å². The molecule has 0 radical (unpaired) electrons. The topological polar surface area (TPSA) is 299 Å². The van der Waals surface area contributed by atoms with E-state index in [-0.39, 0.29) is 74.5 Å². The maximum atomic E-state index is 12.9. The maximum absolute atomic E-state index is 12.9. The normalized spacial score (nSPS) is 12.3. The quantitative estimate of drug-likeness (QED) is 0.0359. The van der Waals surface area contributed by atoms with Gasteiger partial charge in [-0.2, -0.15) is 0 Å². The van der Waals surface area contributed by atoms with Gasteiger partial charge < -0.3 is 71.8 Å². The van der Waals surface area contributed by atoms with Crippen LogP contribution in [0.3, 0.4) is 0 Å². The van der Waals surface area contributed by atoms with E-state index in [0.717, 1.165) is 12.8 Å². The zero-order valence-electron chi connectivity index (χ0n) is 37.5. The number of carbonyl (C=O) groups excluding carboxylic acids is 7. The first-order valence-electron chi connectivity index (χ1n) is 21.4. The number of rotatable bonds is 39. The Morgan fingerprint density at radius 2 is 0.984 bits per heavy atom. The zero-order valence-corrected chi connectivity index (χ0v) is 37.5. The van der Waals surface area contributed by atoms with Crippen LogP contribution in [0, 0.1) is 5.92 Å². The predicted molar refractivity (Wildman–Crippen MR) is 228 cm³/mol. The summed E-state index contributed by atoms with van der Waals surface area (Å²) in [6.45, 7) is 15.3. The van der Waals surface area contributed by atoms with Crippen molar-refractivity contribution >= 4 is 41.4 Å². The van der Waals surface area contributed by atoms with E-state index in [1.165, 1.54) is 13.8 Å². The Bertz CT molecular complexity index is 1200. The molecule has 0 fully saturated rings. The highest BCUT2D eigenvalue weighted by Crippen LogP contribution is 2.06. The third-order valence-electron chi connectivity index (χ3n) is 8.23. The molecule has 0 aromatic heterocycles. The lowest BCUT2D eigenvalue weighted by molar-refractivity contribution is -0.132. The number of nitrogens with two attached hydrogens (primary N) is 2. The molecule has 0 aliphatic rings. The Kier molecular flexibility index (Phi) is 40.1. The molecule has 61 heavy (non-hydrogen) atoms. The molecule has 0 aromatic carbocycles. The average molecular weight is 879 g/mol. The van der Waals surface area contributed by atoms with Crippen LogP contribution in [0.25, 0.3) is 0 Å². The van der Waals surface area contributed by atoms with Crippen LogP contribution >= 0.6 is 0 Å². The summed E-state index contributed by atoms with van der Waals surface area (Å²) < 4.78 is 32.7. The van der Waals surface area contributed by atoms with Crippen molar-refractivity contribution in [2.45, 2.75) is 105 Å². The second-order valence-corrected chi connectivity index (χ2v) is 13.7. The van der Waals surface area contributed by atoms with Crippen LogP contribution in [0.1, 0.15) is 86.5 Å². The number of primary amides is 1. The third-order valence-corrected chi connectivity index (χ3v) is 8.23. The predicted octanol–water partition coefficient (Wildman–Crippen LogP) is -0.578. The van der Waals surface area contributed by atoms with Gasteiger partial charge in [0.2, 0.25) is 29.5 Å². The molecule has 0 rings (SSSR count). The first-order valence-corrected chi connectivity index (χ1v) is 21.4. The highest BCUT2D eigenvalue weighted by atomic mass is 16.5. The first kappa shape index (κ1) is 59.1. The Balaban J connectivity index is 0. The van der Waals surface area contributed by atoms with Crippen molar-refractivity contribution in [1.82, 2.24) is 31.9 Å². The smallest absolute Gasteiger partial charge is 0.312 e. The van der Waals surface area contributed by atoms with E-state index in [1.54, 1.807) is 13.8 Å². The molecule has 21 heteroatoms. The summed E-state index contributed by atoms with van der Waals surface area (Å²) >= 11 is 0. The van der Waals surface area contributed by atoms with Crippen molar-refractivity contribution in [3.8, 4) is 0 Å². The summed E-state index contributed by atoms with van der Waals surface area (Å²) in [6.07, 6.45) is 3.03. The summed E-state index contributed by atoms with van der Waals surface area (Å²) in [5, 5.41) is 16.0. The van der Waals surface area contributed by atoms with Gasteiger partial charge in [-0.25, -0.2) is 4.79 Å². The molecule has 0 aliphatic heterocycles. The molecule has 356 valence electrons. The summed E-state index contributed by atoms with van der Waals surface area (Å²) in [7, 11) is 0. The fraction of sp³-hybridized carbons (Fsp3) is 0.825. The largest absolute Gasteiger partial charge is 0.379 e. The number of amides is 7. The van der Waals surface area contributed by atoms with Crippen molar-refractivity contribution in [2.24, 2.45) is 17.4 Å². The van der Waals surface area contributed by atoms with Crippen molar-refractivity contribution in [3.05, 3.63) is 0 Å². The Hall–Kier alpha value is -3.99. The molecular weight excluding hydrogens is 800 g/mol. The Morgan fingerprint density at radius 1 is 0.508 bits per heavy atom. The molecule has 0 aromatic rings. The van der Waals surface area contributed by atoms with Crippen LogP contribution in [-0.4, -0.2) is 165 Å². The molecule has 21 nitrogen and oxygen atoms in total. The van der Waals surface area contributed by atoms with Crippen LogP contribution < -0.4 is 43.4 Å². The van der Waals surface area contributed by atoms with Crippen LogP contribution in [0.5, 0.6) is 0 Å². The van der Waals surface area contributed by atoms with E-state index in [9.17, 15) is 33.6 Å². The van der Waals surface area contributed by atoms with Crippen LogP contribution in [0.15, 0.2) is 0 Å². The monoisotopic (exact) mass is 879 g/mol. The summed E-state index contributed by atoms with van der Waals surface area (Å²) in [6, 6.07) is -2.85. The van der Waals surface area contributed by atoms with Crippen LogP contribution in [0.2, 0.25) is 0 Å². The lowest BCUT2D eigenvalue weighted by Crippen LogP contribution is -2.53. The van der Waals surface area contributed by atoms with Gasteiger partial charge in [0.1, 0.15) is 12.1 Å². The van der Waals surface area contributed by atoms with Gasteiger partial charge >= 0.3 is 6.03 Å². The second kappa shape index (κ2) is 41.4. The lowest BCUT2D eigenvalue weighted by Gasteiger charge is -2.24. The number of hydrogen-bond donors (Lipinski definition) is 8.